The molecule has 104 valence electrons. The van der Waals surface area contributed by atoms with E-state index in [1.807, 2.05) is 0 Å². The molecule has 1 aliphatic rings. The number of hydrogen-bond acceptors (Lipinski definition) is 2. The van der Waals surface area contributed by atoms with E-state index < -0.39 is 0 Å². The van der Waals surface area contributed by atoms with Crippen LogP contribution in [-0.2, 0) is 0 Å². The smallest absolute Gasteiger partial charge is 0.166 e. The van der Waals surface area contributed by atoms with Crippen molar-refractivity contribution < 1.29 is 4.79 Å². The highest BCUT2D eigenvalue weighted by Gasteiger charge is 2.29. The Bertz CT molecular complexity index is 468. The Morgan fingerprint density at radius 3 is 2.05 bits per heavy atom. The van der Waals surface area contributed by atoms with Crippen LogP contribution in [0.2, 0.25) is 10.0 Å². The lowest BCUT2D eigenvalue weighted by atomic mass is 9.74. The number of benzene rings is 1. The van der Waals surface area contributed by atoms with Crippen molar-refractivity contribution in [3.63, 3.8) is 0 Å². The predicted molar refractivity (Wildman–Crippen MR) is 80.9 cm³/mol. The summed E-state index contributed by atoms with van der Waals surface area (Å²) < 4.78 is 0. The van der Waals surface area contributed by atoms with E-state index in [2.05, 4.69) is 13.8 Å². The Morgan fingerprint density at radius 2 is 1.58 bits per heavy atom. The van der Waals surface area contributed by atoms with Crippen molar-refractivity contribution in [1.82, 2.24) is 0 Å². The quantitative estimate of drug-likeness (QED) is 0.628. The molecule has 2 rings (SSSR count). The van der Waals surface area contributed by atoms with Gasteiger partial charge in [-0.15, -0.1) is 0 Å². The molecule has 2 nitrogen and oxygen atoms in total. The largest absolute Gasteiger partial charge is 0.396 e. The molecule has 1 saturated carbocycles. The molecule has 2 unspecified atom stereocenters. The Hall–Kier alpha value is -0.730. The summed E-state index contributed by atoms with van der Waals surface area (Å²) in [5, 5.41) is 0.709. The molecule has 19 heavy (non-hydrogen) atoms. The van der Waals surface area contributed by atoms with Crippen molar-refractivity contribution in [3.8, 4) is 0 Å². The highest BCUT2D eigenvalue weighted by Crippen LogP contribution is 2.36. The molecule has 1 aromatic rings. The van der Waals surface area contributed by atoms with Gasteiger partial charge in [-0.2, -0.15) is 0 Å². The third-order valence-corrected chi connectivity index (χ3v) is 4.54. The van der Waals surface area contributed by atoms with Crippen molar-refractivity contribution in [2.45, 2.75) is 33.1 Å². The number of carbonyl (C=O) groups is 1. The summed E-state index contributed by atoms with van der Waals surface area (Å²) in [6.45, 7) is 4.41. The zero-order valence-electron chi connectivity index (χ0n) is 11.2. The number of nitrogen functional groups attached to an aromatic ring is 1. The summed E-state index contributed by atoms with van der Waals surface area (Å²) in [5.41, 5.74) is 6.62. The SMILES string of the molecule is CC1CC(C)CC(C(=O)c2cc(Cl)c(N)c(Cl)c2)C1. The fraction of sp³-hybridized carbons (Fsp3) is 0.533. The maximum Gasteiger partial charge on any atom is 0.166 e. The number of halogens is 2. The highest BCUT2D eigenvalue weighted by molar-refractivity contribution is 6.39. The molecule has 0 amide bonds. The normalized spacial score (nSPS) is 27.3. The van der Waals surface area contributed by atoms with Gasteiger partial charge in [0.15, 0.2) is 5.78 Å². The van der Waals surface area contributed by atoms with Crippen molar-refractivity contribution in [2.24, 2.45) is 17.8 Å². The summed E-state index contributed by atoms with van der Waals surface area (Å²) in [6, 6.07) is 3.27. The molecular formula is C15H19Cl2NO. The first-order valence-electron chi connectivity index (χ1n) is 6.67. The summed E-state index contributed by atoms with van der Waals surface area (Å²) in [5.74, 6) is 1.41. The number of hydrogen-bond donors (Lipinski definition) is 1. The van der Waals surface area contributed by atoms with E-state index in [1.165, 1.54) is 6.42 Å². The molecule has 0 aliphatic heterocycles. The van der Waals surface area contributed by atoms with Crippen LogP contribution in [0.25, 0.3) is 0 Å². The first-order chi connectivity index (χ1) is 8.88. The summed E-state index contributed by atoms with van der Waals surface area (Å²) in [7, 11) is 0. The fourth-order valence-electron chi connectivity index (χ4n) is 3.12. The van der Waals surface area contributed by atoms with E-state index in [0.717, 1.165) is 12.8 Å². The lowest BCUT2D eigenvalue weighted by Crippen LogP contribution is -2.26. The van der Waals surface area contributed by atoms with E-state index in [1.54, 1.807) is 12.1 Å². The number of ketones is 1. The first kappa shape index (κ1) is 14.7. The Kier molecular flexibility index (Phi) is 4.42. The van der Waals surface area contributed by atoms with Crippen LogP contribution >= 0.6 is 23.2 Å². The summed E-state index contributed by atoms with van der Waals surface area (Å²) in [4.78, 5) is 12.5. The highest BCUT2D eigenvalue weighted by atomic mass is 35.5. The Morgan fingerprint density at radius 1 is 1.11 bits per heavy atom. The molecule has 0 heterocycles. The minimum atomic E-state index is 0.0782. The average molecular weight is 300 g/mol. The van der Waals surface area contributed by atoms with Crippen molar-refractivity contribution >= 4 is 34.7 Å². The maximum absolute atomic E-state index is 12.5. The van der Waals surface area contributed by atoms with Crippen LogP contribution in [0, 0.1) is 17.8 Å². The molecule has 1 aliphatic carbocycles. The van der Waals surface area contributed by atoms with Gasteiger partial charge in [-0.25, -0.2) is 0 Å². The van der Waals surface area contributed by atoms with Crippen molar-refractivity contribution in [2.75, 3.05) is 5.73 Å². The third kappa shape index (κ3) is 3.24. The zero-order valence-corrected chi connectivity index (χ0v) is 12.8. The second-order valence-electron chi connectivity index (χ2n) is 5.83. The van der Waals surface area contributed by atoms with Crippen LogP contribution in [0.15, 0.2) is 12.1 Å². The van der Waals surface area contributed by atoms with Gasteiger partial charge in [0.1, 0.15) is 0 Å². The standard InChI is InChI=1S/C15H19Cl2NO/c1-8-3-9(2)5-10(4-8)15(19)11-6-12(16)14(18)13(17)7-11/h6-10H,3-5,18H2,1-2H3. The molecule has 4 heteroatoms. The second kappa shape index (κ2) is 5.72. The van der Waals surface area contributed by atoms with Crippen LogP contribution in [0.5, 0.6) is 0 Å². The molecule has 0 bridgehead atoms. The lowest BCUT2D eigenvalue weighted by Gasteiger charge is -2.30. The fourth-order valence-corrected chi connectivity index (χ4v) is 3.61. The van der Waals surface area contributed by atoms with Crippen LogP contribution in [0.1, 0.15) is 43.5 Å². The minimum absolute atomic E-state index is 0.0782. The Balaban J connectivity index is 2.24. The number of rotatable bonds is 2. The van der Waals surface area contributed by atoms with Gasteiger partial charge in [0.25, 0.3) is 0 Å². The van der Waals surface area contributed by atoms with Gasteiger partial charge in [0.2, 0.25) is 0 Å². The van der Waals surface area contributed by atoms with E-state index in [-0.39, 0.29) is 11.7 Å². The molecule has 1 aromatic carbocycles. The number of Topliss-reactive ketones (excluding diaryl/α,β-unsaturated/α-hetero) is 1. The van der Waals surface area contributed by atoms with Gasteiger partial charge in [0.05, 0.1) is 15.7 Å². The van der Waals surface area contributed by atoms with E-state index in [9.17, 15) is 4.79 Å². The van der Waals surface area contributed by atoms with Gasteiger partial charge in [0, 0.05) is 11.5 Å². The van der Waals surface area contributed by atoms with Crippen molar-refractivity contribution in [1.29, 1.82) is 0 Å². The molecule has 0 aromatic heterocycles. The molecule has 1 fully saturated rings. The van der Waals surface area contributed by atoms with Crippen LogP contribution in [0.3, 0.4) is 0 Å². The van der Waals surface area contributed by atoms with Gasteiger partial charge < -0.3 is 5.73 Å². The van der Waals surface area contributed by atoms with E-state index in [0.29, 0.717) is 33.1 Å². The first-order valence-corrected chi connectivity index (χ1v) is 7.42. The topological polar surface area (TPSA) is 43.1 Å². The van der Waals surface area contributed by atoms with Crippen LogP contribution in [0.4, 0.5) is 5.69 Å². The molecule has 0 radical (unpaired) electrons. The Labute approximate surface area is 124 Å². The van der Waals surface area contributed by atoms with Gasteiger partial charge in [-0.05, 0) is 43.2 Å². The monoisotopic (exact) mass is 299 g/mol. The van der Waals surface area contributed by atoms with E-state index >= 15 is 0 Å². The predicted octanol–water partition coefficient (Wildman–Crippen LogP) is 4.83. The molecule has 2 atom stereocenters. The zero-order chi connectivity index (χ0) is 14.2. The van der Waals surface area contributed by atoms with Crippen molar-refractivity contribution in [3.05, 3.63) is 27.7 Å². The van der Waals surface area contributed by atoms with Gasteiger partial charge in [-0.3, -0.25) is 4.79 Å². The van der Waals surface area contributed by atoms with Gasteiger partial charge in [-0.1, -0.05) is 37.0 Å². The summed E-state index contributed by atoms with van der Waals surface area (Å²) in [6.07, 6.45) is 3.10. The molecule has 0 spiro atoms. The summed E-state index contributed by atoms with van der Waals surface area (Å²) >= 11 is 12.0. The number of nitrogens with two attached hydrogens (primary N) is 1. The number of carbonyl (C=O) groups excluding carboxylic acids is 1. The second-order valence-corrected chi connectivity index (χ2v) is 6.65. The molecular weight excluding hydrogens is 281 g/mol. The van der Waals surface area contributed by atoms with E-state index in [4.69, 9.17) is 28.9 Å². The van der Waals surface area contributed by atoms with Crippen LogP contribution < -0.4 is 5.73 Å². The number of anilines is 1. The third-order valence-electron chi connectivity index (χ3n) is 3.91. The maximum atomic E-state index is 12.5. The average Bonchev–Trinajstić information content (AvgIpc) is 2.33. The van der Waals surface area contributed by atoms with Crippen LogP contribution in [-0.4, -0.2) is 5.78 Å². The minimum Gasteiger partial charge on any atom is -0.396 e. The van der Waals surface area contributed by atoms with Gasteiger partial charge >= 0.3 is 0 Å². The molecule has 2 N–H and O–H groups in total. The molecule has 0 saturated heterocycles. The lowest BCUT2D eigenvalue weighted by molar-refractivity contribution is 0.0836.